The van der Waals surface area contributed by atoms with E-state index in [0.717, 1.165) is 5.76 Å². The van der Waals surface area contributed by atoms with Crippen molar-refractivity contribution in [1.82, 2.24) is 15.1 Å². The third-order valence-corrected chi connectivity index (χ3v) is 4.59. The van der Waals surface area contributed by atoms with E-state index in [1.165, 1.54) is 4.90 Å². The summed E-state index contributed by atoms with van der Waals surface area (Å²) in [5.74, 6) is 1.42. The number of carbonyl (C=O) groups is 2. The van der Waals surface area contributed by atoms with Gasteiger partial charge in [-0.3, -0.25) is 14.5 Å². The maximum atomic E-state index is 12.2. The number of nitrogens with zero attached hydrogens (tertiary/aromatic N) is 2. The number of furan rings is 1. The highest BCUT2D eigenvalue weighted by molar-refractivity contribution is 7.97. The van der Waals surface area contributed by atoms with Gasteiger partial charge in [0.25, 0.3) is 5.91 Å². The van der Waals surface area contributed by atoms with E-state index in [1.54, 1.807) is 38.0 Å². The fraction of sp³-hybridized carbons (Fsp3) is 0.625. The number of piperidine rings is 1. The normalized spacial score (nSPS) is 21.5. The largest absolute Gasteiger partial charge is 0.455 e. The Kier molecular flexibility index (Phi) is 6.70. The summed E-state index contributed by atoms with van der Waals surface area (Å²) < 4.78 is 5.49. The minimum atomic E-state index is -0.710. The molecule has 2 atom stereocenters. The molecule has 0 saturated carbocycles. The van der Waals surface area contributed by atoms with E-state index >= 15 is 0 Å². The second kappa shape index (κ2) is 8.55. The molecule has 1 saturated heterocycles. The van der Waals surface area contributed by atoms with Crippen molar-refractivity contribution in [3.05, 3.63) is 23.7 Å². The number of aliphatic hydroxyl groups excluding tert-OH is 1. The maximum absolute atomic E-state index is 12.2. The number of aliphatic hydroxyl groups is 1. The van der Waals surface area contributed by atoms with Crippen molar-refractivity contribution < 1.29 is 19.1 Å². The van der Waals surface area contributed by atoms with Gasteiger partial charge < -0.3 is 19.7 Å². The zero-order valence-corrected chi connectivity index (χ0v) is 15.1. The molecule has 0 aliphatic carbocycles. The van der Waals surface area contributed by atoms with Gasteiger partial charge in [-0.2, -0.15) is 11.8 Å². The van der Waals surface area contributed by atoms with Gasteiger partial charge in [0.05, 0.1) is 24.4 Å². The van der Waals surface area contributed by atoms with Gasteiger partial charge in [0.2, 0.25) is 5.91 Å². The minimum absolute atomic E-state index is 0.00148. The van der Waals surface area contributed by atoms with Gasteiger partial charge in [-0.05, 0) is 24.8 Å². The van der Waals surface area contributed by atoms with E-state index in [4.69, 9.17) is 4.42 Å². The molecule has 2 rings (SSSR count). The molecule has 1 aliphatic heterocycles. The van der Waals surface area contributed by atoms with Gasteiger partial charge in [-0.25, -0.2) is 0 Å². The first-order valence-electron chi connectivity index (χ1n) is 7.89. The number of carbonyl (C=O) groups excluding carboxylic acids is 2. The van der Waals surface area contributed by atoms with Gasteiger partial charge in [-0.1, -0.05) is 0 Å². The van der Waals surface area contributed by atoms with Crippen molar-refractivity contribution in [2.24, 2.45) is 0 Å². The predicted molar refractivity (Wildman–Crippen MR) is 92.9 cm³/mol. The van der Waals surface area contributed by atoms with Crippen LogP contribution < -0.4 is 5.32 Å². The molecule has 134 valence electrons. The van der Waals surface area contributed by atoms with Crippen LogP contribution in [0.2, 0.25) is 0 Å². The van der Waals surface area contributed by atoms with Gasteiger partial charge >= 0.3 is 0 Å². The van der Waals surface area contributed by atoms with Crippen molar-refractivity contribution in [2.45, 2.75) is 24.3 Å². The highest BCUT2D eigenvalue weighted by Gasteiger charge is 2.30. The van der Waals surface area contributed by atoms with Crippen LogP contribution in [0.15, 0.2) is 16.5 Å². The van der Waals surface area contributed by atoms with Crippen LogP contribution in [-0.2, 0) is 10.5 Å². The van der Waals surface area contributed by atoms with Gasteiger partial charge in [0, 0.05) is 27.2 Å². The van der Waals surface area contributed by atoms with E-state index in [9.17, 15) is 14.7 Å². The van der Waals surface area contributed by atoms with Crippen LogP contribution in [0, 0.1) is 0 Å². The average Bonchev–Trinajstić information content (AvgIpc) is 2.99. The average molecular weight is 355 g/mol. The summed E-state index contributed by atoms with van der Waals surface area (Å²) in [5.41, 5.74) is 0. The number of hydrogen-bond donors (Lipinski definition) is 2. The Labute approximate surface area is 146 Å². The van der Waals surface area contributed by atoms with Crippen LogP contribution in [0.1, 0.15) is 22.7 Å². The molecule has 2 N–H and O–H groups in total. The fourth-order valence-corrected chi connectivity index (χ4v) is 3.04. The lowest BCUT2D eigenvalue weighted by atomic mass is 10.0. The van der Waals surface area contributed by atoms with Crippen molar-refractivity contribution >= 4 is 23.6 Å². The molecule has 24 heavy (non-hydrogen) atoms. The number of nitrogens with one attached hydrogen (secondary N) is 1. The summed E-state index contributed by atoms with van der Waals surface area (Å²) in [4.78, 5) is 27.4. The molecule has 0 spiro atoms. The number of likely N-dealkylation sites (tertiary alicyclic amines) is 1. The van der Waals surface area contributed by atoms with Crippen molar-refractivity contribution in [1.29, 1.82) is 0 Å². The van der Waals surface area contributed by atoms with E-state index in [-0.39, 0.29) is 30.2 Å². The minimum Gasteiger partial charge on any atom is -0.455 e. The summed E-state index contributed by atoms with van der Waals surface area (Å²) >= 11 is 1.62. The molecule has 0 radical (unpaired) electrons. The SMILES string of the molecule is CSCc1ccc(C(=O)N[C@@H]2CCN(CC(=O)N(C)C)C[C@H]2O)o1. The third kappa shape index (κ3) is 4.99. The van der Waals surface area contributed by atoms with Crippen molar-refractivity contribution in [2.75, 3.05) is 40.0 Å². The second-order valence-electron chi connectivity index (χ2n) is 6.16. The van der Waals surface area contributed by atoms with Gasteiger partial charge in [0.1, 0.15) is 5.76 Å². The predicted octanol–water partition coefficient (Wildman–Crippen LogP) is 0.396. The fourth-order valence-electron chi connectivity index (χ4n) is 2.60. The lowest BCUT2D eigenvalue weighted by Crippen LogP contribution is -2.55. The topological polar surface area (TPSA) is 86.0 Å². The summed E-state index contributed by atoms with van der Waals surface area (Å²) in [6.45, 7) is 1.29. The monoisotopic (exact) mass is 355 g/mol. The van der Waals surface area contributed by atoms with Crippen LogP contribution >= 0.6 is 11.8 Å². The maximum Gasteiger partial charge on any atom is 0.287 e. The van der Waals surface area contributed by atoms with Crippen LogP contribution in [0.4, 0.5) is 0 Å². The highest BCUT2D eigenvalue weighted by Crippen LogP contribution is 2.15. The number of amides is 2. The zero-order valence-electron chi connectivity index (χ0n) is 14.3. The number of rotatable bonds is 6. The number of likely N-dealkylation sites (N-methyl/N-ethyl adjacent to an activating group) is 1. The first-order chi connectivity index (χ1) is 11.4. The quantitative estimate of drug-likeness (QED) is 0.768. The zero-order chi connectivity index (χ0) is 17.7. The Hall–Kier alpha value is -1.51. The van der Waals surface area contributed by atoms with E-state index in [0.29, 0.717) is 25.3 Å². The highest BCUT2D eigenvalue weighted by atomic mass is 32.2. The molecule has 0 aromatic carbocycles. The summed E-state index contributed by atoms with van der Waals surface area (Å²) in [5, 5.41) is 13.1. The van der Waals surface area contributed by atoms with Crippen molar-refractivity contribution in [3.63, 3.8) is 0 Å². The first-order valence-corrected chi connectivity index (χ1v) is 9.29. The second-order valence-corrected chi connectivity index (χ2v) is 7.02. The van der Waals surface area contributed by atoms with Crippen LogP contribution in [0.5, 0.6) is 0 Å². The standard InChI is InChI=1S/C16H25N3O4S/c1-18(2)15(21)9-19-7-6-12(13(20)8-19)17-16(22)14-5-4-11(23-14)10-24-3/h4-5,12-13,20H,6-10H2,1-3H3,(H,17,22)/t12-,13-/m1/s1. The smallest absolute Gasteiger partial charge is 0.287 e. The molecule has 1 aromatic heterocycles. The molecule has 0 unspecified atom stereocenters. The molecule has 1 fully saturated rings. The lowest BCUT2D eigenvalue weighted by Gasteiger charge is -2.36. The van der Waals surface area contributed by atoms with E-state index in [1.807, 2.05) is 11.2 Å². The van der Waals surface area contributed by atoms with E-state index in [2.05, 4.69) is 5.32 Å². The van der Waals surface area contributed by atoms with Crippen LogP contribution in [0.3, 0.4) is 0 Å². The van der Waals surface area contributed by atoms with Crippen LogP contribution in [-0.4, -0.2) is 78.9 Å². The Morgan fingerprint density at radius 3 is 2.83 bits per heavy atom. The summed E-state index contributed by atoms with van der Waals surface area (Å²) in [6, 6.07) is 3.10. The molecule has 2 amide bonds. The lowest BCUT2D eigenvalue weighted by molar-refractivity contribution is -0.130. The Balaban J connectivity index is 1.85. The van der Waals surface area contributed by atoms with Gasteiger partial charge in [0.15, 0.2) is 5.76 Å². The molecular weight excluding hydrogens is 330 g/mol. The third-order valence-electron chi connectivity index (χ3n) is 4.01. The summed E-state index contributed by atoms with van der Waals surface area (Å²) in [7, 11) is 3.42. The molecule has 1 aliphatic rings. The molecule has 0 bridgehead atoms. The Morgan fingerprint density at radius 1 is 1.46 bits per heavy atom. The molecular formula is C16H25N3O4S. The number of thioether (sulfide) groups is 1. The molecule has 7 nitrogen and oxygen atoms in total. The molecule has 1 aromatic rings. The van der Waals surface area contributed by atoms with Crippen LogP contribution in [0.25, 0.3) is 0 Å². The number of β-amino-alcohol motifs (C(OH)–C–C–N with tert-alkyl or cyclic N) is 1. The van der Waals surface area contributed by atoms with Crippen molar-refractivity contribution in [3.8, 4) is 0 Å². The molecule has 2 heterocycles. The Bertz CT molecular complexity index is 575. The first kappa shape index (κ1) is 18.8. The van der Waals surface area contributed by atoms with Gasteiger partial charge in [-0.15, -0.1) is 0 Å². The molecule has 8 heteroatoms. The Morgan fingerprint density at radius 2 is 2.21 bits per heavy atom. The summed E-state index contributed by atoms with van der Waals surface area (Å²) in [6.07, 6.45) is 1.85. The number of hydrogen-bond acceptors (Lipinski definition) is 6. The van der Waals surface area contributed by atoms with E-state index < -0.39 is 6.10 Å².